The van der Waals surface area contributed by atoms with Crippen LogP contribution in [0.2, 0.25) is 0 Å². The second-order valence-corrected chi connectivity index (χ2v) is 6.03. The molecule has 0 aromatic carbocycles. The average Bonchev–Trinajstić information content (AvgIpc) is 2.23. The first-order valence-corrected chi connectivity index (χ1v) is 6.71. The zero-order chi connectivity index (χ0) is 13.1. The van der Waals surface area contributed by atoms with Crippen LogP contribution in [-0.2, 0) is 4.79 Å². The normalized spacial score (nSPS) is 26.4. The first-order chi connectivity index (χ1) is 7.86. The highest BCUT2D eigenvalue weighted by molar-refractivity contribution is 5.96. The molecule has 0 heterocycles. The van der Waals surface area contributed by atoms with Crippen LogP contribution in [0, 0.1) is 11.3 Å². The van der Waals surface area contributed by atoms with Gasteiger partial charge in [0.15, 0.2) is 5.78 Å². The Hall–Kier alpha value is -0.850. The minimum atomic E-state index is -0.130. The third kappa shape index (κ3) is 3.55. The first-order valence-electron chi connectivity index (χ1n) is 6.71. The lowest BCUT2D eigenvalue weighted by atomic mass is 9.66. The van der Waals surface area contributed by atoms with E-state index in [0.717, 1.165) is 25.7 Å². The van der Waals surface area contributed by atoms with E-state index in [9.17, 15) is 4.79 Å². The highest BCUT2D eigenvalue weighted by atomic mass is 16.1. The molecule has 1 rings (SSSR count). The fourth-order valence-corrected chi connectivity index (χ4v) is 2.47. The average molecular weight is 234 g/mol. The second kappa shape index (κ2) is 5.66. The van der Waals surface area contributed by atoms with Crippen molar-refractivity contribution in [1.29, 1.82) is 0 Å². The highest BCUT2D eigenvalue weighted by Crippen LogP contribution is 2.40. The van der Waals surface area contributed by atoms with Crippen molar-refractivity contribution in [1.82, 2.24) is 0 Å². The van der Waals surface area contributed by atoms with Gasteiger partial charge >= 0.3 is 0 Å². The van der Waals surface area contributed by atoms with Gasteiger partial charge in [-0.25, -0.2) is 0 Å². The van der Waals surface area contributed by atoms with Gasteiger partial charge in [-0.15, -0.1) is 0 Å². The maximum absolute atomic E-state index is 12.2. The molecule has 0 fully saturated rings. The molecule has 17 heavy (non-hydrogen) atoms. The van der Waals surface area contributed by atoms with E-state index in [1.807, 2.05) is 6.08 Å². The third-order valence-corrected chi connectivity index (χ3v) is 4.22. The number of hydrogen-bond acceptors (Lipinski definition) is 1. The Balaban J connectivity index is 2.65. The zero-order valence-corrected chi connectivity index (χ0v) is 12.0. The molecule has 1 aliphatic rings. The summed E-state index contributed by atoms with van der Waals surface area (Å²) in [6, 6.07) is 0. The van der Waals surface area contributed by atoms with Crippen LogP contribution in [-0.4, -0.2) is 5.78 Å². The van der Waals surface area contributed by atoms with Gasteiger partial charge in [0.05, 0.1) is 0 Å². The van der Waals surface area contributed by atoms with Crippen molar-refractivity contribution in [3.8, 4) is 0 Å². The third-order valence-electron chi connectivity index (χ3n) is 4.22. The molecule has 0 N–H and O–H groups in total. The predicted octanol–water partition coefficient (Wildman–Crippen LogP) is 4.68. The largest absolute Gasteiger partial charge is 0.294 e. The summed E-state index contributed by atoms with van der Waals surface area (Å²) >= 11 is 0. The Labute approximate surface area is 106 Å². The Morgan fingerprint density at radius 3 is 2.71 bits per heavy atom. The Bertz CT molecular complexity index is 345. The molecule has 0 spiro atoms. The van der Waals surface area contributed by atoms with Crippen molar-refractivity contribution in [2.24, 2.45) is 11.3 Å². The fraction of sp³-hybridized carbons (Fsp3) is 0.688. The number of rotatable bonds is 4. The number of carbonyl (C=O) groups is 1. The van der Waals surface area contributed by atoms with Gasteiger partial charge in [-0.05, 0) is 58.4 Å². The van der Waals surface area contributed by atoms with Crippen molar-refractivity contribution < 1.29 is 4.79 Å². The number of allylic oxidation sites excluding steroid dienone is 4. The molecule has 0 aliphatic heterocycles. The Kier molecular flexibility index (Phi) is 4.73. The molecular formula is C16H26O. The van der Waals surface area contributed by atoms with E-state index in [0.29, 0.717) is 11.7 Å². The summed E-state index contributed by atoms with van der Waals surface area (Å²) in [5.74, 6) is 0.806. The van der Waals surface area contributed by atoms with Crippen LogP contribution in [0.1, 0.15) is 60.3 Å². The van der Waals surface area contributed by atoms with E-state index in [2.05, 4.69) is 40.7 Å². The molecule has 0 saturated carbocycles. The van der Waals surface area contributed by atoms with E-state index < -0.39 is 0 Å². The smallest absolute Gasteiger partial charge is 0.161 e. The van der Waals surface area contributed by atoms with Crippen LogP contribution in [0.5, 0.6) is 0 Å². The van der Waals surface area contributed by atoms with Crippen molar-refractivity contribution in [2.45, 2.75) is 60.3 Å². The van der Waals surface area contributed by atoms with Crippen molar-refractivity contribution in [3.05, 3.63) is 23.3 Å². The van der Waals surface area contributed by atoms with Crippen LogP contribution in [0.3, 0.4) is 0 Å². The standard InChI is InChI=1S/C16H26O/c1-12(2)7-6-8-14(4)16(5)10-9-13(3)11-15(16)17/h7,11,14H,6,8-10H2,1-5H3/t14-,16+/m0/s1. The lowest BCUT2D eigenvalue weighted by Crippen LogP contribution is -2.35. The van der Waals surface area contributed by atoms with Crippen molar-refractivity contribution >= 4 is 5.78 Å². The van der Waals surface area contributed by atoms with Crippen LogP contribution < -0.4 is 0 Å². The molecular weight excluding hydrogens is 208 g/mol. The molecule has 0 bridgehead atoms. The van der Waals surface area contributed by atoms with Gasteiger partial charge < -0.3 is 0 Å². The van der Waals surface area contributed by atoms with Crippen molar-refractivity contribution in [3.63, 3.8) is 0 Å². The predicted molar refractivity (Wildman–Crippen MR) is 73.9 cm³/mol. The molecule has 0 aromatic heterocycles. The molecule has 1 aliphatic carbocycles. The van der Waals surface area contributed by atoms with E-state index in [-0.39, 0.29) is 5.41 Å². The minimum Gasteiger partial charge on any atom is -0.294 e. The molecule has 1 nitrogen and oxygen atoms in total. The summed E-state index contributed by atoms with van der Waals surface area (Å²) in [7, 11) is 0. The summed E-state index contributed by atoms with van der Waals surface area (Å²) < 4.78 is 0. The van der Waals surface area contributed by atoms with Gasteiger partial charge in [0, 0.05) is 5.41 Å². The van der Waals surface area contributed by atoms with Crippen LogP contribution >= 0.6 is 0 Å². The summed E-state index contributed by atoms with van der Waals surface area (Å²) in [5.41, 5.74) is 2.48. The molecule has 0 amide bonds. The monoisotopic (exact) mass is 234 g/mol. The van der Waals surface area contributed by atoms with E-state index in [1.54, 1.807) is 0 Å². The molecule has 0 saturated heterocycles. The SMILES string of the molecule is CC(C)=CCC[C@H](C)[C@@]1(C)CCC(C)=CC1=O. The number of carbonyl (C=O) groups excluding carboxylic acids is 1. The second-order valence-electron chi connectivity index (χ2n) is 6.03. The summed E-state index contributed by atoms with van der Waals surface area (Å²) in [6.07, 6.45) is 8.43. The van der Waals surface area contributed by atoms with E-state index in [4.69, 9.17) is 0 Å². The maximum atomic E-state index is 12.2. The topological polar surface area (TPSA) is 17.1 Å². The first kappa shape index (κ1) is 14.2. The van der Waals surface area contributed by atoms with Gasteiger partial charge in [-0.1, -0.05) is 31.1 Å². The van der Waals surface area contributed by atoms with Gasteiger partial charge in [0.1, 0.15) is 0 Å². The number of hydrogen-bond donors (Lipinski definition) is 0. The molecule has 0 aromatic rings. The van der Waals surface area contributed by atoms with Gasteiger partial charge in [-0.2, -0.15) is 0 Å². The molecule has 2 atom stereocenters. The van der Waals surface area contributed by atoms with Gasteiger partial charge in [-0.3, -0.25) is 4.79 Å². The Morgan fingerprint density at radius 2 is 2.18 bits per heavy atom. The molecule has 96 valence electrons. The molecule has 1 heteroatoms. The Morgan fingerprint density at radius 1 is 1.53 bits per heavy atom. The number of ketones is 1. The van der Waals surface area contributed by atoms with E-state index >= 15 is 0 Å². The summed E-state index contributed by atoms with van der Waals surface area (Å²) in [4.78, 5) is 12.2. The van der Waals surface area contributed by atoms with E-state index in [1.165, 1.54) is 11.1 Å². The van der Waals surface area contributed by atoms with Crippen LogP contribution in [0.4, 0.5) is 0 Å². The summed E-state index contributed by atoms with van der Waals surface area (Å²) in [5, 5.41) is 0. The zero-order valence-electron chi connectivity index (χ0n) is 12.0. The lowest BCUT2D eigenvalue weighted by Gasteiger charge is -2.36. The fourth-order valence-electron chi connectivity index (χ4n) is 2.47. The highest BCUT2D eigenvalue weighted by Gasteiger charge is 2.38. The molecule has 0 unspecified atom stereocenters. The molecule has 0 radical (unpaired) electrons. The maximum Gasteiger partial charge on any atom is 0.161 e. The minimum absolute atomic E-state index is 0.130. The van der Waals surface area contributed by atoms with Gasteiger partial charge in [0.2, 0.25) is 0 Å². The quantitative estimate of drug-likeness (QED) is 0.645. The lowest BCUT2D eigenvalue weighted by molar-refractivity contribution is -0.126. The van der Waals surface area contributed by atoms with Crippen LogP contribution in [0.15, 0.2) is 23.3 Å². The van der Waals surface area contributed by atoms with Gasteiger partial charge in [0.25, 0.3) is 0 Å². The van der Waals surface area contributed by atoms with Crippen LogP contribution in [0.25, 0.3) is 0 Å². The summed E-state index contributed by atoms with van der Waals surface area (Å²) in [6.45, 7) is 10.7. The van der Waals surface area contributed by atoms with Crippen molar-refractivity contribution in [2.75, 3.05) is 0 Å².